The van der Waals surface area contributed by atoms with E-state index in [0.717, 1.165) is 17.0 Å². The number of aromatic nitrogens is 3. The first-order valence-corrected chi connectivity index (χ1v) is 5.55. The molecule has 0 unspecified atom stereocenters. The smallest absolute Gasteiger partial charge is 0.260 e. The molecule has 18 heavy (non-hydrogen) atoms. The fourth-order valence-corrected chi connectivity index (χ4v) is 1.58. The number of hydrogen-bond acceptors (Lipinski definition) is 3. The Bertz CT molecular complexity index is 627. The lowest BCUT2D eigenvalue weighted by atomic mass is 10.2. The molecule has 0 radical (unpaired) electrons. The average molecular weight is 246 g/mol. The molecule has 3 N–H and O–H groups in total. The minimum absolute atomic E-state index is 0.113. The second-order valence-electron chi connectivity index (χ2n) is 4.09. The van der Waals surface area contributed by atoms with Gasteiger partial charge in [-0.25, -0.2) is 0 Å². The van der Waals surface area contributed by atoms with E-state index < -0.39 is 5.91 Å². The SMILES string of the molecule is Cc1ccc(C(=O)NCc2cn[nH]c2C)c(=O)[nH]1. The van der Waals surface area contributed by atoms with E-state index in [2.05, 4.69) is 20.5 Å². The number of aryl methyl sites for hydroxylation is 2. The van der Waals surface area contributed by atoms with Crippen LogP contribution in [0.5, 0.6) is 0 Å². The maximum absolute atomic E-state index is 11.8. The lowest BCUT2D eigenvalue weighted by Gasteiger charge is -2.04. The summed E-state index contributed by atoms with van der Waals surface area (Å²) in [5.41, 5.74) is 2.25. The van der Waals surface area contributed by atoms with Gasteiger partial charge in [0.1, 0.15) is 5.56 Å². The van der Waals surface area contributed by atoms with Gasteiger partial charge < -0.3 is 10.3 Å². The number of pyridine rings is 1. The number of aromatic amines is 2. The van der Waals surface area contributed by atoms with Crippen molar-refractivity contribution in [1.29, 1.82) is 0 Å². The van der Waals surface area contributed by atoms with E-state index in [9.17, 15) is 9.59 Å². The number of hydrogen-bond donors (Lipinski definition) is 3. The van der Waals surface area contributed by atoms with Crippen molar-refractivity contribution in [2.75, 3.05) is 0 Å². The summed E-state index contributed by atoms with van der Waals surface area (Å²) in [5, 5.41) is 9.32. The summed E-state index contributed by atoms with van der Waals surface area (Å²) in [7, 11) is 0. The van der Waals surface area contributed by atoms with Gasteiger partial charge in [-0.05, 0) is 26.0 Å². The zero-order valence-corrected chi connectivity index (χ0v) is 10.2. The lowest BCUT2D eigenvalue weighted by Crippen LogP contribution is -2.29. The van der Waals surface area contributed by atoms with Gasteiger partial charge in [0, 0.05) is 23.5 Å². The third kappa shape index (κ3) is 2.48. The molecule has 0 aromatic carbocycles. The Balaban J connectivity index is 2.09. The van der Waals surface area contributed by atoms with Crippen molar-refractivity contribution in [3.05, 3.63) is 51.2 Å². The van der Waals surface area contributed by atoms with Crippen molar-refractivity contribution in [3.8, 4) is 0 Å². The molecule has 2 rings (SSSR count). The molecular weight excluding hydrogens is 232 g/mol. The standard InChI is InChI=1S/C12H14N4O2/c1-7-3-4-10(12(18)15-7)11(17)13-5-9-6-14-16-8(9)2/h3-4,6H,5H2,1-2H3,(H,13,17)(H,14,16)(H,15,18). The topological polar surface area (TPSA) is 90.6 Å². The van der Waals surface area contributed by atoms with E-state index in [0.29, 0.717) is 6.54 Å². The molecule has 6 nitrogen and oxygen atoms in total. The molecule has 0 fully saturated rings. The molecule has 2 heterocycles. The molecule has 0 saturated heterocycles. The van der Waals surface area contributed by atoms with Gasteiger partial charge in [0.2, 0.25) is 0 Å². The zero-order valence-electron chi connectivity index (χ0n) is 10.2. The molecule has 2 aromatic heterocycles. The van der Waals surface area contributed by atoms with E-state index in [1.165, 1.54) is 6.07 Å². The van der Waals surface area contributed by atoms with Crippen LogP contribution >= 0.6 is 0 Å². The Kier molecular flexibility index (Phi) is 3.27. The molecule has 0 spiro atoms. The van der Waals surface area contributed by atoms with Crippen molar-refractivity contribution in [3.63, 3.8) is 0 Å². The number of H-pyrrole nitrogens is 2. The second-order valence-corrected chi connectivity index (χ2v) is 4.09. The van der Waals surface area contributed by atoms with Gasteiger partial charge in [0.05, 0.1) is 6.20 Å². The lowest BCUT2D eigenvalue weighted by molar-refractivity contribution is 0.0949. The van der Waals surface area contributed by atoms with E-state index >= 15 is 0 Å². The van der Waals surface area contributed by atoms with Crippen LogP contribution in [0.25, 0.3) is 0 Å². The van der Waals surface area contributed by atoms with Gasteiger partial charge in [-0.3, -0.25) is 14.7 Å². The van der Waals surface area contributed by atoms with Crippen LogP contribution < -0.4 is 10.9 Å². The Morgan fingerprint density at radius 1 is 1.39 bits per heavy atom. The minimum atomic E-state index is -0.392. The van der Waals surface area contributed by atoms with Crippen LogP contribution in [-0.2, 0) is 6.54 Å². The van der Waals surface area contributed by atoms with Gasteiger partial charge in [-0.15, -0.1) is 0 Å². The Hall–Kier alpha value is -2.37. The molecule has 1 amide bonds. The van der Waals surface area contributed by atoms with E-state index in [-0.39, 0.29) is 11.1 Å². The summed E-state index contributed by atoms with van der Waals surface area (Å²) in [6, 6.07) is 3.21. The summed E-state index contributed by atoms with van der Waals surface area (Å²) in [4.78, 5) is 26.0. The number of nitrogens with zero attached hydrogens (tertiary/aromatic N) is 1. The van der Waals surface area contributed by atoms with Gasteiger partial charge >= 0.3 is 0 Å². The maximum Gasteiger partial charge on any atom is 0.260 e. The third-order valence-electron chi connectivity index (χ3n) is 2.67. The Morgan fingerprint density at radius 3 is 2.78 bits per heavy atom. The number of amides is 1. The van der Waals surface area contributed by atoms with Crippen molar-refractivity contribution in [2.24, 2.45) is 0 Å². The summed E-state index contributed by atoms with van der Waals surface area (Å²) < 4.78 is 0. The molecular formula is C12H14N4O2. The Labute approximate surface area is 103 Å². The van der Waals surface area contributed by atoms with Gasteiger partial charge in [-0.2, -0.15) is 5.10 Å². The van der Waals surface area contributed by atoms with Crippen LogP contribution in [0, 0.1) is 13.8 Å². The molecule has 0 saturated carbocycles. The normalized spacial score (nSPS) is 10.3. The zero-order chi connectivity index (χ0) is 13.1. The fourth-order valence-electron chi connectivity index (χ4n) is 1.58. The Morgan fingerprint density at radius 2 is 2.17 bits per heavy atom. The predicted molar refractivity (Wildman–Crippen MR) is 66.3 cm³/mol. The highest BCUT2D eigenvalue weighted by molar-refractivity contribution is 5.93. The van der Waals surface area contributed by atoms with Crippen LogP contribution in [-0.4, -0.2) is 21.1 Å². The first-order chi connectivity index (χ1) is 8.58. The number of carbonyl (C=O) groups excluding carboxylic acids is 1. The van der Waals surface area contributed by atoms with Gasteiger partial charge in [0.15, 0.2) is 0 Å². The van der Waals surface area contributed by atoms with Crippen LogP contribution in [0.2, 0.25) is 0 Å². The highest BCUT2D eigenvalue weighted by atomic mass is 16.2. The number of carbonyl (C=O) groups is 1. The van der Waals surface area contributed by atoms with Crippen LogP contribution in [0.15, 0.2) is 23.1 Å². The molecule has 0 bridgehead atoms. The summed E-state index contributed by atoms with van der Waals surface area (Å²) in [6.07, 6.45) is 1.65. The summed E-state index contributed by atoms with van der Waals surface area (Å²) in [5.74, 6) is -0.392. The van der Waals surface area contributed by atoms with Crippen LogP contribution in [0.3, 0.4) is 0 Å². The predicted octanol–water partition coefficient (Wildman–Crippen LogP) is 0.645. The highest BCUT2D eigenvalue weighted by Crippen LogP contribution is 2.02. The third-order valence-corrected chi connectivity index (χ3v) is 2.67. The van der Waals surface area contributed by atoms with Gasteiger partial charge in [-0.1, -0.05) is 0 Å². The molecule has 2 aromatic rings. The van der Waals surface area contributed by atoms with Crippen molar-refractivity contribution >= 4 is 5.91 Å². The maximum atomic E-state index is 11.8. The fraction of sp³-hybridized carbons (Fsp3) is 0.250. The highest BCUT2D eigenvalue weighted by Gasteiger charge is 2.10. The largest absolute Gasteiger partial charge is 0.348 e. The van der Waals surface area contributed by atoms with Gasteiger partial charge in [0.25, 0.3) is 11.5 Å². The summed E-state index contributed by atoms with van der Waals surface area (Å²) in [6.45, 7) is 3.97. The molecule has 6 heteroatoms. The van der Waals surface area contributed by atoms with Crippen molar-refractivity contribution < 1.29 is 4.79 Å². The number of nitrogens with one attached hydrogen (secondary N) is 3. The van der Waals surface area contributed by atoms with E-state index in [4.69, 9.17) is 0 Å². The summed E-state index contributed by atoms with van der Waals surface area (Å²) >= 11 is 0. The monoisotopic (exact) mass is 246 g/mol. The van der Waals surface area contributed by atoms with E-state index in [1.54, 1.807) is 19.2 Å². The second kappa shape index (κ2) is 4.87. The molecule has 0 aliphatic rings. The van der Waals surface area contributed by atoms with E-state index in [1.807, 2.05) is 6.92 Å². The quantitative estimate of drug-likeness (QED) is 0.742. The number of rotatable bonds is 3. The molecule has 0 aliphatic carbocycles. The minimum Gasteiger partial charge on any atom is -0.348 e. The first-order valence-electron chi connectivity index (χ1n) is 5.55. The van der Waals surface area contributed by atoms with Crippen LogP contribution in [0.1, 0.15) is 27.3 Å². The van der Waals surface area contributed by atoms with Crippen molar-refractivity contribution in [2.45, 2.75) is 20.4 Å². The average Bonchev–Trinajstić information content (AvgIpc) is 2.72. The first kappa shape index (κ1) is 12.1. The van der Waals surface area contributed by atoms with Crippen LogP contribution in [0.4, 0.5) is 0 Å². The molecule has 0 aliphatic heterocycles. The molecule has 0 atom stereocenters. The molecule has 94 valence electrons. The van der Waals surface area contributed by atoms with Crippen molar-refractivity contribution in [1.82, 2.24) is 20.5 Å².